The van der Waals surface area contributed by atoms with Gasteiger partial charge in [0.25, 0.3) is 0 Å². The van der Waals surface area contributed by atoms with Gasteiger partial charge >= 0.3 is 5.97 Å². The first-order chi connectivity index (χ1) is 16.6. The SMILES string of the molecule is C=CC[C@H]1C[C@H](c2cccc(Cl)c2)[C@@H](c2ccc(Cl)cc2)N(C(C(=O)OC(C)(C)C)C2CC2)C1=O. The van der Waals surface area contributed by atoms with E-state index in [1.807, 2.05) is 68.1 Å². The quantitative estimate of drug-likeness (QED) is 0.286. The van der Waals surface area contributed by atoms with Crippen molar-refractivity contribution < 1.29 is 14.3 Å². The van der Waals surface area contributed by atoms with Crippen molar-refractivity contribution in [1.82, 2.24) is 4.90 Å². The lowest BCUT2D eigenvalue weighted by molar-refractivity contribution is -0.171. The van der Waals surface area contributed by atoms with Crippen molar-refractivity contribution in [2.24, 2.45) is 11.8 Å². The number of nitrogens with zero attached hydrogens (tertiary/aromatic N) is 1. The number of carbonyl (C=O) groups is 2. The van der Waals surface area contributed by atoms with Gasteiger partial charge in [0.1, 0.15) is 11.6 Å². The highest BCUT2D eigenvalue weighted by atomic mass is 35.5. The van der Waals surface area contributed by atoms with E-state index in [0.717, 1.165) is 24.0 Å². The number of halogens is 2. The minimum atomic E-state index is -0.647. The summed E-state index contributed by atoms with van der Waals surface area (Å²) in [7, 11) is 0. The third-order valence-electron chi connectivity index (χ3n) is 6.78. The maximum Gasteiger partial charge on any atom is 0.329 e. The maximum absolute atomic E-state index is 14.1. The molecule has 1 saturated heterocycles. The minimum absolute atomic E-state index is 0.0223. The van der Waals surface area contributed by atoms with Crippen molar-refractivity contribution in [2.75, 3.05) is 0 Å². The Morgan fingerprint density at radius 1 is 1.11 bits per heavy atom. The fourth-order valence-electron chi connectivity index (χ4n) is 5.20. The Kier molecular flexibility index (Phi) is 7.63. The van der Waals surface area contributed by atoms with E-state index in [2.05, 4.69) is 12.6 Å². The highest BCUT2D eigenvalue weighted by molar-refractivity contribution is 6.30. The van der Waals surface area contributed by atoms with Gasteiger partial charge in [0.15, 0.2) is 0 Å². The molecule has 1 amide bonds. The fraction of sp³-hybridized carbons (Fsp3) is 0.448. The molecule has 35 heavy (non-hydrogen) atoms. The van der Waals surface area contributed by atoms with Gasteiger partial charge in [-0.3, -0.25) is 4.79 Å². The molecule has 4 nitrogen and oxygen atoms in total. The number of ether oxygens (including phenoxy) is 1. The maximum atomic E-state index is 14.1. The zero-order chi connectivity index (χ0) is 25.3. The molecule has 0 spiro atoms. The van der Waals surface area contributed by atoms with Crippen LogP contribution in [0.25, 0.3) is 0 Å². The monoisotopic (exact) mass is 513 g/mol. The summed E-state index contributed by atoms with van der Waals surface area (Å²) in [6, 6.07) is 14.4. The second-order valence-corrected chi connectivity index (χ2v) is 11.5. The van der Waals surface area contributed by atoms with Crippen molar-refractivity contribution in [3.05, 3.63) is 82.4 Å². The van der Waals surface area contributed by atoms with Gasteiger partial charge in [-0.25, -0.2) is 4.79 Å². The van der Waals surface area contributed by atoms with Crippen molar-refractivity contribution in [3.63, 3.8) is 0 Å². The van der Waals surface area contributed by atoms with Crippen LogP contribution in [0.1, 0.15) is 69.5 Å². The lowest BCUT2D eigenvalue weighted by atomic mass is 9.74. The number of amides is 1. The van der Waals surface area contributed by atoms with Crippen LogP contribution in [0.3, 0.4) is 0 Å². The summed E-state index contributed by atoms with van der Waals surface area (Å²) in [6.07, 6.45) is 4.77. The fourth-order valence-corrected chi connectivity index (χ4v) is 5.53. The molecule has 4 rings (SSSR count). The normalized spacial score (nSPS) is 23.6. The molecule has 1 unspecified atom stereocenters. The zero-order valence-corrected chi connectivity index (χ0v) is 22.1. The Morgan fingerprint density at radius 2 is 1.80 bits per heavy atom. The van der Waals surface area contributed by atoms with E-state index in [-0.39, 0.29) is 35.7 Å². The molecule has 2 aromatic rings. The Morgan fingerprint density at radius 3 is 2.37 bits per heavy atom. The summed E-state index contributed by atoms with van der Waals surface area (Å²) in [5, 5.41) is 1.27. The second kappa shape index (κ2) is 10.4. The molecule has 2 aliphatic rings. The Hall–Kier alpha value is -2.30. The van der Waals surface area contributed by atoms with E-state index in [9.17, 15) is 9.59 Å². The number of piperidine rings is 1. The van der Waals surface area contributed by atoms with Gasteiger partial charge < -0.3 is 9.64 Å². The highest BCUT2D eigenvalue weighted by Gasteiger charge is 2.52. The van der Waals surface area contributed by atoms with E-state index in [1.165, 1.54) is 0 Å². The smallest absolute Gasteiger partial charge is 0.329 e. The lowest BCUT2D eigenvalue weighted by Gasteiger charge is -2.48. The van der Waals surface area contributed by atoms with Crippen LogP contribution < -0.4 is 0 Å². The van der Waals surface area contributed by atoms with Crippen LogP contribution in [-0.2, 0) is 14.3 Å². The minimum Gasteiger partial charge on any atom is -0.458 e. The van der Waals surface area contributed by atoms with Gasteiger partial charge in [0, 0.05) is 21.9 Å². The van der Waals surface area contributed by atoms with Crippen LogP contribution in [0.5, 0.6) is 0 Å². The summed E-state index contributed by atoms with van der Waals surface area (Å²) in [5.74, 6) is -0.599. The lowest BCUT2D eigenvalue weighted by Crippen LogP contribution is -2.56. The first-order valence-corrected chi connectivity index (χ1v) is 13.0. The van der Waals surface area contributed by atoms with Crippen molar-refractivity contribution in [1.29, 1.82) is 0 Å². The molecule has 1 heterocycles. The van der Waals surface area contributed by atoms with Gasteiger partial charge in [0.2, 0.25) is 5.91 Å². The van der Waals surface area contributed by atoms with E-state index < -0.39 is 11.6 Å². The first-order valence-electron chi connectivity index (χ1n) is 12.3. The summed E-state index contributed by atoms with van der Waals surface area (Å²) >= 11 is 12.6. The molecule has 186 valence electrons. The predicted octanol–water partition coefficient (Wildman–Crippen LogP) is 7.36. The van der Waals surface area contributed by atoms with Gasteiger partial charge in [-0.2, -0.15) is 0 Å². The standard InChI is InChI=1S/C29H33Cl2NO3/c1-5-7-21-17-24(20-8-6-9-23(31)16-20)25(18-12-14-22(30)15-13-18)32(27(21)33)26(19-10-11-19)28(34)35-29(2,3)4/h5-6,8-9,12-16,19,21,24-26H,1,7,10-11,17H2,2-4H3/t21-,24+,25+,26?/m0/s1. The Labute approximate surface area is 218 Å². The van der Waals surface area contributed by atoms with Crippen LogP contribution in [0.2, 0.25) is 10.0 Å². The van der Waals surface area contributed by atoms with E-state index in [1.54, 1.807) is 6.08 Å². The van der Waals surface area contributed by atoms with Crippen LogP contribution in [0, 0.1) is 11.8 Å². The van der Waals surface area contributed by atoms with Crippen molar-refractivity contribution in [3.8, 4) is 0 Å². The van der Waals surface area contributed by atoms with Crippen LogP contribution in [0.15, 0.2) is 61.2 Å². The summed E-state index contributed by atoms with van der Waals surface area (Å²) in [6.45, 7) is 9.47. The number of esters is 1. The van der Waals surface area contributed by atoms with E-state index in [4.69, 9.17) is 27.9 Å². The average molecular weight is 514 g/mol. The summed E-state index contributed by atoms with van der Waals surface area (Å²) in [5.41, 5.74) is 1.34. The molecule has 1 aliphatic heterocycles. The Balaban J connectivity index is 1.87. The number of benzene rings is 2. The third kappa shape index (κ3) is 5.92. The Bertz CT molecular complexity index is 1090. The largest absolute Gasteiger partial charge is 0.458 e. The molecule has 0 N–H and O–H groups in total. The molecular formula is C29H33Cl2NO3. The first kappa shape index (κ1) is 25.8. The average Bonchev–Trinajstić information content (AvgIpc) is 3.61. The molecule has 4 atom stereocenters. The number of hydrogen-bond donors (Lipinski definition) is 0. The number of hydrogen-bond acceptors (Lipinski definition) is 3. The molecule has 1 saturated carbocycles. The van der Waals surface area contributed by atoms with Crippen LogP contribution in [-0.4, -0.2) is 28.4 Å². The van der Waals surface area contributed by atoms with Gasteiger partial charge in [-0.1, -0.05) is 53.5 Å². The molecule has 6 heteroatoms. The molecule has 0 bridgehead atoms. The van der Waals surface area contributed by atoms with Gasteiger partial charge in [0.05, 0.1) is 6.04 Å². The van der Waals surface area contributed by atoms with Crippen molar-refractivity contribution >= 4 is 35.1 Å². The summed E-state index contributed by atoms with van der Waals surface area (Å²) in [4.78, 5) is 29.5. The highest BCUT2D eigenvalue weighted by Crippen LogP contribution is 2.50. The number of likely N-dealkylation sites (tertiary alicyclic amines) is 1. The van der Waals surface area contributed by atoms with Crippen molar-refractivity contribution in [2.45, 2.75) is 70.1 Å². The zero-order valence-electron chi connectivity index (χ0n) is 20.5. The van der Waals surface area contributed by atoms with Gasteiger partial charge in [-0.05, 0) is 87.8 Å². The molecule has 0 radical (unpaired) electrons. The third-order valence-corrected chi connectivity index (χ3v) is 7.27. The number of rotatable bonds is 7. The number of allylic oxidation sites excluding steroid dienone is 1. The predicted molar refractivity (Wildman–Crippen MR) is 141 cm³/mol. The van der Waals surface area contributed by atoms with Crippen LogP contribution in [0.4, 0.5) is 0 Å². The molecule has 2 fully saturated rings. The topological polar surface area (TPSA) is 46.6 Å². The molecular weight excluding hydrogens is 481 g/mol. The molecule has 1 aliphatic carbocycles. The number of carbonyl (C=O) groups excluding carboxylic acids is 2. The second-order valence-electron chi connectivity index (χ2n) is 10.7. The molecule has 2 aromatic carbocycles. The van der Waals surface area contributed by atoms with E-state index in [0.29, 0.717) is 22.9 Å². The van der Waals surface area contributed by atoms with Gasteiger partial charge in [-0.15, -0.1) is 6.58 Å². The molecule has 0 aromatic heterocycles. The summed E-state index contributed by atoms with van der Waals surface area (Å²) < 4.78 is 5.87. The van der Waals surface area contributed by atoms with Crippen LogP contribution >= 0.6 is 23.2 Å². The van der Waals surface area contributed by atoms with E-state index >= 15 is 0 Å².